The van der Waals surface area contributed by atoms with Crippen LogP contribution in [0.5, 0.6) is 0 Å². The van der Waals surface area contributed by atoms with Gasteiger partial charge < -0.3 is 10.2 Å². The van der Waals surface area contributed by atoms with Crippen molar-refractivity contribution in [2.45, 2.75) is 31.6 Å². The Labute approximate surface area is 126 Å². The number of nitrogens with one attached hydrogen (secondary N) is 1. The van der Waals surface area contributed by atoms with E-state index in [4.69, 9.17) is 0 Å². The Balaban J connectivity index is 2.16. The zero-order chi connectivity index (χ0) is 14.8. The van der Waals surface area contributed by atoms with Gasteiger partial charge in [-0.3, -0.25) is 4.79 Å². The van der Waals surface area contributed by atoms with Crippen LogP contribution in [0.4, 0.5) is 0 Å². The highest BCUT2D eigenvalue weighted by Gasteiger charge is 2.32. The highest BCUT2D eigenvalue weighted by Crippen LogP contribution is 2.38. The van der Waals surface area contributed by atoms with Gasteiger partial charge in [0.05, 0.1) is 5.75 Å². The summed E-state index contributed by atoms with van der Waals surface area (Å²) in [4.78, 5) is 13.9. The minimum atomic E-state index is 0.170. The molecule has 0 unspecified atom stereocenters. The number of hydrogen-bond donors (Lipinski definition) is 1. The van der Waals surface area contributed by atoms with E-state index in [2.05, 4.69) is 50.4 Å². The Morgan fingerprint density at radius 3 is 2.50 bits per heavy atom. The average molecular weight is 292 g/mol. The lowest BCUT2D eigenvalue weighted by atomic mass is 9.87. The van der Waals surface area contributed by atoms with E-state index in [9.17, 15) is 4.79 Å². The number of benzene rings is 1. The van der Waals surface area contributed by atoms with Crippen LogP contribution < -0.4 is 5.32 Å². The number of hydrogen-bond acceptors (Lipinski definition) is 3. The zero-order valence-corrected chi connectivity index (χ0v) is 13.6. The van der Waals surface area contributed by atoms with Gasteiger partial charge in [0.2, 0.25) is 5.91 Å². The third-order valence-corrected chi connectivity index (χ3v) is 4.89. The van der Waals surface area contributed by atoms with Crippen LogP contribution >= 0.6 is 11.8 Å². The average Bonchev–Trinajstić information content (AvgIpc) is 2.77. The van der Waals surface area contributed by atoms with Crippen molar-refractivity contribution in [1.82, 2.24) is 10.2 Å². The summed E-state index contributed by atoms with van der Waals surface area (Å²) < 4.78 is 0. The summed E-state index contributed by atoms with van der Waals surface area (Å²) in [6.07, 6.45) is 0. The van der Waals surface area contributed by atoms with E-state index < -0.39 is 0 Å². The Hall–Kier alpha value is -1.00. The van der Waals surface area contributed by atoms with Crippen molar-refractivity contribution >= 4 is 17.7 Å². The van der Waals surface area contributed by atoms with Crippen molar-refractivity contribution in [2.24, 2.45) is 0 Å². The summed E-state index contributed by atoms with van der Waals surface area (Å²) in [6.45, 7) is 8.26. The fraction of sp³-hybridized carbons (Fsp3) is 0.562. The van der Waals surface area contributed by atoms with E-state index in [0.717, 1.165) is 13.1 Å². The summed E-state index contributed by atoms with van der Waals surface area (Å²) >= 11 is 1.72. The van der Waals surface area contributed by atoms with Crippen LogP contribution in [0.25, 0.3) is 0 Å². The molecule has 0 spiro atoms. The van der Waals surface area contributed by atoms with Crippen molar-refractivity contribution < 1.29 is 4.79 Å². The smallest absolute Gasteiger partial charge is 0.233 e. The number of likely N-dealkylation sites (N-methyl/N-ethyl adjacent to an activating group) is 1. The van der Waals surface area contributed by atoms with Gasteiger partial charge in [0, 0.05) is 13.1 Å². The molecule has 0 saturated carbocycles. The van der Waals surface area contributed by atoms with Crippen LogP contribution in [0.15, 0.2) is 24.3 Å². The predicted octanol–water partition coefficient (Wildman–Crippen LogP) is 2.78. The van der Waals surface area contributed by atoms with Gasteiger partial charge in [0.25, 0.3) is 0 Å². The van der Waals surface area contributed by atoms with Gasteiger partial charge >= 0.3 is 0 Å². The molecular formula is C16H24N2OS. The lowest BCUT2D eigenvalue weighted by Gasteiger charge is -2.25. The van der Waals surface area contributed by atoms with E-state index in [1.807, 2.05) is 11.9 Å². The third-order valence-electron chi connectivity index (χ3n) is 3.63. The summed E-state index contributed by atoms with van der Waals surface area (Å²) in [6, 6.07) is 8.72. The van der Waals surface area contributed by atoms with Crippen LogP contribution in [0.2, 0.25) is 0 Å². The zero-order valence-electron chi connectivity index (χ0n) is 12.8. The SMILES string of the molecule is CNCCN1C(=O)CS[C@H]1c1ccc(C(C)(C)C)cc1. The maximum atomic E-state index is 12.0. The van der Waals surface area contributed by atoms with Gasteiger partial charge in [-0.25, -0.2) is 0 Å². The van der Waals surface area contributed by atoms with Crippen LogP contribution in [0, 0.1) is 0 Å². The number of nitrogens with zero attached hydrogens (tertiary/aromatic N) is 1. The van der Waals surface area contributed by atoms with Gasteiger partial charge in [0.15, 0.2) is 0 Å². The molecule has 1 aliphatic heterocycles. The molecule has 1 aromatic rings. The molecule has 1 N–H and O–H groups in total. The monoisotopic (exact) mass is 292 g/mol. The molecule has 1 aromatic carbocycles. The predicted molar refractivity (Wildman–Crippen MR) is 86.0 cm³/mol. The van der Waals surface area contributed by atoms with Crippen molar-refractivity contribution in [3.05, 3.63) is 35.4 Å². The van der Waals surface area contributed by atoms with Crippen LogP contribution in [-0.2, 0) is 10.2 Å². The van der Waals surface area contributed by atoms with Gasteiger partial charge in [0.1, 0.15) is 5.37 Å². The molecule has 1 saturated heterocycles. The number of thioether (sulfide) groups is 1. The second-order valence-electron chi connectivity index (χ2n) is 6.23. The molecule has 1 amide bonds. The largest absolute Gasteiger partial charge is 0.325 e. The van der Waals surface area contributed by atoms with Crippen LogP contribution in [0.3, 0.4) is 0 Å². The van der Waals surface area contributed by atoms with Crippen molar-refractivity contribution in [2.75, 3.05) is 25.9 Å². The van der Waals surface area contributed by atoms with E-state index in [1.54, 1.807) is 11.8 Å². The molecule has 20 heavy (non-hydrogen) atoms. The second kappa shape index (κ2) is 6.19. The maximum Gasteiger partial charge on any atom is 0.233 e. The van der Waals surface area contributed by atoms with Crippen molar-refractivity contribution in [3.63, 3.8) is 0 Å². The molecule has 0 aliphatic carbocycles. The first-order valence-corrected chi connectivity index (χ1v) is 8.14. The summed E-state index contributed by atoms with van der Waals surface area (Å²) in [5, 5.41) is 3.28. The Morgan fingerprint density at radius 1 is 1.30 bits per heavy atom. The normalized spacial score (nSPS) is 19.7. The molecule has 0 bridgehead atoms. The van der Waals surface area contributed by atoms with Gasteiger partial charge in [-0.15, -0.1) is 11.8 Å². The molecule has 4 heteroatoms. The number of carbonyl (C=O) groups is 1. The fourth-order valence-electron chi connectivity index (χ4n) is 2.35. The molecule has 1 heterocycles. The second-order valence-corrected chi connectivity index (χ2v) is 7.29. The minimum absolute atomic E-state index is 0.170. The Bertz CT molecular complexity index is 464. The first kappa shape index (κ1) is 15.4. The highest BCUT2D eigenvalue weighted by atomic mass is 32.2. The lowest BCUT2D eigenvalue weighted by molar-refractivity contribution is -0.128. The van der Waals surface area contributed by atoms with E-state index in [0.29, 0.717) is 5.75 Å². The first-order valence-electron chi connectivity index (χ1n) is 7.09. The molecule has 110 valence electrons. The minimum Gasteiger partial charge on any atom is -0.325 e. The Kier molecular flexibility index (Phi) is 4.76. The summed E-state index contributed by atoms with van der Waals surface area (Å²) in [5.74, 6) is 0.838. The third kappa shape index (κ3) is 3.36. The molecule has 3 nitrogen and oxygen atoms in total. The highest BCUT2D eigenvalue weighted by molar-refractivity contribution is 8.00. The molecule has 0 aromatic heterocycles. The fourth-order valence-corrected chi connectivity index (χ4v) is 3.57. The molecular weight excluding hydrogens is 268 g/mol. The molecule has 1 atom stereocenters. The number of amides is 1. The van der Waals surface area contributed by atoms with Gasteiger partial charge in [-0.05, 0) is 23.6 Å². The topological polar surface area (TPSA) is 32.3 Å². The van der Waals surface area contributed by atoms with Crippen LogP contribution in [-0.4, -0.2) is 36.7 Å². The molecule has 2 rings (SSSR count). The summed E-state index contributed by atoms with van der Waals surface area (Å²) in [5.41, 5.74) is 2.73. The van der Waals surface area contributed by atoms with E-state index in [1.165, 1.54) is 11.1 Å². The molecule has 1 fully saturated rings. The number of rotatable bonds is 4. The quantitative estimate of drug-likeness (QED) is 0.926. The maximum absolute atomic E-state index is 12.0. The Morgan fingerprint density at radius 2 is 1.95 bits per heavy atom. The standard InChI is InChI=1S/C16H24N2OS/c1-16(2,3)13-7-5-12(6-8-13)15-18(10-9-17-4)14(19)11-20-15/h5-8,15,17H,9-11H2,1-4H3/t15-/m0/s1. The lowest BCUT2D eigenvalue weighted by Crippen LogP contribution is -2.34. The van der Waals surface area contributed by atoms with Gasteiger partial charge in [-0.2, -0.15) is 0 Å². The van der Waals surface area contributed by atoms with Crippen molar-refractivity contribution in [1.29, 1.82) is 0 Å². The van der Waals surface area contributed by atoms with E-state index >= 15 is 0 Å². The number of carbonyl (C=O) groups excluding carboxylic acids is 1. The van der Waals surface area contributed by atoms with Gasteiger partial charge in [-0.1, -0.05) is 45.0 Å². The first-order chi connectivity index (χ1) is 9.43. The summed E-state index contributed by atoms with van der Waals surface area (Å²) in [7, 11) is 1.92. The van der Waals surface area contributed by atoms with Crippen LogP contribution in [0.1, 0.15) is 37.3 Å². The van der Waals surface area contributed by atoms with Crippen molar-refractivity contribution in [3.8, 4) is 0 Å². The molecule has 0 radical (unpaired) electrons. The van der Waals surface area contributed by atoms with E-state index in [-0.39, 0.29) is 16.7 Å². The molecule has 1 aliphatic rings.